The Hall–Kier alpha value is -3.33. The summed E-state index contributed by atoms with van der Waals surface area (Å²) in [6.45, 7) is 6.89. The van der Waals surface area contributed by atoms with Gasteiger partial charge in [-0.25, -0.2) is 4.57 Å². The molecule has 10 heteroatoms. The first kappa shape index (κ1) is 73.7. The highest BCUT2D eigenvalue weighted by atomic mass is 31.2. The van der Waals surface area contributed by atoms with Gasteiger partial charge in [0.25, 0.3) is 0 Å². The van der Waals surface area contributed by atoms with Gasteiger partial charge in [0, 0.05) is 12.8 Å². The molecule has 0 aliphatic rings. The predicted molar refractivity (Wildman–Crippen MR) is 332 cm³/mol. The minimum Gasteiger partial charge on any atom is -0.456 e. The average Bonchev–Trinajstić information content (AvgIpc) is 3.39. The molecule has 0 rings (SSSR count). The molecule has 2 N–H and O–H groups in total. The summed E-state index contributed by atoms with van der Waals surface area (Å²) < 4.78 is 30.6. The molecule has 0 bridgehead atoms. The van der Waals surface area contributed by atoms with Gasteiger partial charge in [0.2, 0.25) is 5.91 Å². The molecule has 0 aromatic rings. The quantitative estimate of drug-likeness (QED) is 0.0205. The van der Waals surface area contributed by atoms with Crippen molar-refractivity contribution >= 4 is 19.7 Å². The molecular formula is C67H118N2O7P+. The van der Waals surface area contributed by atoms with Crippen molar-refractivity contribution in [2.75, 3.05) is 40.9 Å². The number of esters is 1. The van der Waals surface area contributed by atoms with Crippen molar-refractivity contribution in [1.29, 1.82) is 0 Å². The summed E-state index contributed by atoms with van der Waals surface area (Å²) in [6, 6.07) is -0.892. The number of allylic oxidation sites excluding steroid dienone is 17. The molecule has 0 saturated heterocycles. The molecule has 0 aromatic heterocycles. The molecule has 3 atom stereocenters. The molecule has 0 heterocycles. The summed E-state index contributed by atoms with van der Waals surface area (Å²) in [5.74, 6) is -0.597. The van der Waals surface area contributed by atoms with Gasteiger partial charge in [-0.1, -0.05) is 233 Å². The van der Waals surface area contributed by atoms with Crippen LogP contribution in [-0.4, -0.2) is 74.3 Å². The number of hydrogen-bond donors (Lipinski definition) is 2. The smallest absolute Gasteiger partial charge is 0.456 e. The first-order chi connectivity index (χ1) is 37.4. The van der Waals surface area contributed by atoms with Crippen LogP contribution in [0.4, 0.5) is 0 Å². The molecule has 0 saturated carbocycles. The van der Waals surface area contributed by atoms with Crippen molar-refractivity contribution in [3.8, 4) is 0 Å². The minimum absolute atomic E-state index is 0.0214. The predicted octanol–water partition coefficient (Wildman–Crippen LogP) is 19.3. The maximum Gasteiger partial charge on any atom is 0.472 e. The number of amides is 1. The number of phosphoric ester groups is 1. The number of nitrogens with one attached hydrogen (secondary N) is 1. The molecule has 9 nitrogen and oxygen atoms in total. The number of phosphoric acid groups is 1. The molecule has 0 radical (unpaired) electrons. The second-order valence-electron chi connectivity index (χ2n) is 21.9. The van der Waals surface area contributed by atoms with Crippen LogP contribution in [0, 0.1) is 0 Å². The highest BCUT2D eigenvalue weighted by Crippen LogP contribution is 2.43. The van der Waals surface area contributed by atoms with E-state index in [2.05, 4.69) is 123 Å². The van der Waals surface area contributed by atoms with Crippen molar-refractivity contribution in [2.45, 2.75) is 264 Å². The van der Waals surface area contributed by atoms with Gasteiger partial charge in [0.05, 0.1) is 33.8 Å². The van der Waals surface area contributed by atoms with Crippen LogP contribution >= 0.6 is 7.82 Å². The second-order valence-corrected chi connectivity index (χ2v) is 23.3. The molecular weight excluding hydrogens is 976 g/mol. The number of carbonyl (C=O) groups excluding carboxylic acids is 2. The topological polar surface area (TPSA) is 111 Å². The summed E-state index contributed by atoms with van der Waals surface area (Å²) in [7, 11) is 1.44. The van der Waals surface area contributed by atoms with Crippen molar-refractivity contribution in [1.82, 2.24) is 5.32 Å². The zero-order valence-corrected chi connectivity index (χ0v) is 51.3. The number of quaternary nitrogens is 1. The van der Waals surface area contributed by atoms with Crippen LogP contribution in [0.5, 0.6) is 0 Å². The number of unbranched alkanes of at least 4 members (excludes halogenated alkanes) is 23. The van der Waals surface area contributed by atoms with E-state index in [0.717, 1.165) is 96.3 Å². The third-order valence-corrected chi connectivity index (χ3v) is 14.2. The minimum atomic E-state index is -4.48. The van der Waals surface area contributed by atoms with Crippen LogP contribution in [-0.2, 0) is 27.9 Å². The molecule has 0 fully saturated rings. The maximum atomic E-state index is 13.5. The summed E-state index contributed by atoms with van der Waals surface area (Å²) in [4.78, 5) is 37.7. The zero-order valence-electron chi connectivity index (χ0n) is 50.4. The lowest BCUT2D eigenvalue weighted by Gasteiger charge is -2.27. The van der Waals surface area contributed by atoms with Crippen LogP contribution in [0.2, 0.25) is 0 Å². The Morgan fingerprint density at radius 3 is 1.23 bits per heavy atom. The lowest BCUT2D eigenvalue weighted by Crippen LogP contribution is -2.47. The average molecular weight is 1090 g/mol. The zero-order chi connectivity index (χ0) is 56.4. The van der Waals surface area contributed by atoms with Gasteiger partial charge in [0.15, 0.2) is 0 Å². The third kappa shape index (κ3) is 57.2. The van der Waals surface area contributed by atoms with Crippen molar-refractivity contribution in [3.63, 3.8) is 0 Å². The van der Waals surface area contributed by atoms with Crippen LogP contribution < -0.4 is 5.32 Å². The third-order valence-electron chi connectivity index (χ3n) is 13.2. The molecule has 0 aliphatic heterocycles. The lowest BCUT2D eigenvalue weighted by atomic mass is 10.0. The van der Waals surface area contributed by atoms with E-state index in [0.29, 0.717) is 23.9 Å². The number of nitrogens with zero attached hydrogens (tertiary/aromatic N) is 1. The van der Waals surface area contributed by atoms with Gasteiger partial charge < -0.3 is 19.4 Å². The van der Waals surface area contributed by atoms with E-state index in [4.69, 9.17) is 13.8 Å². The molecule has 3 unspecified atom stereocenters. The Morgan fingerprint density at radius 2 is 0.805 bits per heavy atom. The van der Waals surface area contributed by atoms with Crippen LogP contribution in [0.1, 0.15) is 252 Å². The highest BCUT2D eigenvalue weighted by molar-refractivity contribution is 7.47. The standard InChI is InChI=1S/C67H117N2O7P/c1-7-10-13-16-19-22-25-28-30-32-33-34-35-37-39-42-45-48-51-54-57-60-67(71)76-65(58-55-52-49-46-43-40-27-24-21-18-15-12-9-3)64(63-75-77(72,73)74-62-61-69(4,5)6)68-66(70)59-56-53-50-47-44-41-38-36-31-29-26-23-20-17-14-11-8-2/h19-20,22-23,28-31,33-34,37-39,41,47,50,55,58,64-65H,7-18,21,24-27,32,35-36,40,42-46,48-49,51-54,56-57,59-63H2,1-6H3,(H-,68,70,72,73)/p+1/b22-19-,23-20-,30-28-,31-29-,34-33-,39-37-,41-38-,50-47-,58-55+. The largest absolute Gasteiger partial charge is 0.472 e. The Balaban J connectivity index is 5.42. The van der Waals surface area contributed by atoms with Gasteiger partial charge in [0.1, 0.15) is 19.3 Å². The lowest BCUT2D eigenvalue weighted by molar-refractivity contribution is -0.870. The highest BCUT2D eigenvalue weighted by Gasteiger charge is 2.30. The molecule has 77 heavy (non-hydrogen) atoms. The Bertz CT molecular complexity index is 1690. The Labute approximate surface area is 474 Å². The fraction of sp³-hybridized carbons (Fsp3) is 0.701. The van der Waals surface area contributed by atoms with E-state index in [1.807, 2.05) is 33.3 Å². The molecule has 0 aliphatic carbocycles. The fourth-order valence-electron chi connectivity index (χ4n) is 8.33. The first-order valence-electron chi connectivity index (χ1n) is 31.2. The second kappa shape index (κ2) is 56.0. The number of hydrogen-bond acceptors (Lipinski definition) is 6. The fourth-order valence-corrected chi connectivity index (χ4v) is 9.06. The van der Waals surface area contributed by atoms with Gasteiger partial charge in [-0.15, -0.1) is 0 Å². The number of ether oxygens (including phenoxy) is 1. The van der Waals surface area contributed by atoms with Crippen molar-refractivity contribution in [2.24, 2.45) is 0 Å². The SMILES string of the molecule is CCCCC/C=C\C/C=C\C/C=C\C/C=C\CCCCCCCC(=O)OC(/C=C/CCCCCCCCCCCCC)C(COP(=O)(O)OCC[N+](C)(C)C)NC(=O)CCC/C=C\C/C=C\C/C=C\C/C=C\CCCCC. The van der Waals surface area contributed by atoms with E-state index in [9.17, 15) is 19.0 Å². The van der Waals surface area contributed by atoms with E-state index in [1.165, 1.54) is 109 Å². The van der Waals surface area contributed by atoms with Gasteiger partial charge in [-0.2, -0.15) is 0 Å². The maximum absolute atomic E-state index is 13.5. The normalized spacial score (nSPS) is 14.4. The van der Waals surface area contributed by atoms with E-state index < -0.39 is 20.0 Å². The Morgan fingerprint density at radius 1 is 0.455 bits per heavy atom. The van der Waals surface area contributed by atoms with Gasteiger partial charge in [-0.3, -0.25) is 18.6 Å². The van der Waals surface area contributed by atoms with E-state index in [-0.39, 0.29) is 37.9 Å². The summed E-state index contributed by atoms with van der Waals surface area (Å²) >= 11 is 0. The van der Waals surface area contributed by atoms with E-state index >= 15 is 0 Å². The molecule has 442 valence electrons. The van der Waals surface area contributed by atoms with Gasteiger partial charge >= 0.3 is 13.8 Å². The summed E-state index contributed by atoms with van der Waals surface area (Å²) in [6.07, 6.45) is 76.6. The molecule has 0 aromatic carbocycles. The molecule has 0 spiro atoms. The van der Waals surface area contributed by atoms with Gasteiger partial charge in [-0.05, 0) is 115 Å². The number of carbonyl (C=O) groups is 2. The van der Waals surface area contributed by atoms with Crippen LogP contribution in [0.15, 0.2) is 109 Å². The summed E-state index contributed by atoms with van der Waals surface area (Å²) in [5.41, 5.74) is 0. The number of rotatable bonds is 55. The van der Waals surface area contributed by atoms with Crippen molar-refractivity contribution < 1.29 is 37.3 Å². The number of likely N-dealkylation sites (N-methyl/N-ethyl adjacent to an activating group) is 1. The monoisotopic (exact) mass is 1090 g/mol. The van der Waals surface area contributed by atoms with E-state index in [1.54, 1.807) is 0 Å². The van der Waals surface area contributed by atoms with Crippen molar-refractivity contribution in [3.05, 3.63) is 109 Å². The van der Waals surface area contributed by atoms with Crippen LogP contribution in [0.3, 0.4) is 0 Å². The van der Waals surface area contributed by atoms with Crippen LogP contribution in [0.25, 0.3) is 0 Å². The molecule has 1 amide bonds. The summed E-state index contributed by atoms with van der Waals surface area (Å²) in [5, 5.41) is 3.02. The Kier molecular flexibility index (Phi) is 53.5. The first-order valence-corrected chi connectivity index (χ1v) is 32.7.